The fourth-order valence-electron chi connectivity index (χ4n) is 2.24. The van der Waals surface area contributed by atoms with E-state index in [1.54, 1.807) is 10.4 Å². The molecule has 1 saturated heterocycles. The minimum Gasteiger partial charge on any atom is -0.396 e. The molecule has 0 aromatic heterocycles. The van der Waals surface area contributed by atoms with E-state index in [0.29, 0.717) is 6.61 Å². The normalized spacial score (nSPS) is 19.8. The van der Waals surface area contributed by atoms with Crippen molar-refractivity contribution in [3.63, 3.8) is 0 Å². The van der Waals surface area contributed by atoms with Crippen LogP contribution in [0.5, 0.6) is 0 Å². The van der Waals surface area contributed by atoms with E-state index >= 15 is 0 Å². The molecule has 1 aliphatic rings. The molecule has 1 rings (SSSR count). The Morgan fingerprint density at radius 1 is 0.913 bits per heavy atom. The predicted molar refractivity (Wildman–Crippen MR) is 109 cm³/mol. The maximum Gasteiger partial charge on any atom is 0.257 e. The van der Waals surface area contributed by atoms with Gasteiger partial charge in [0.1, 0.15) is 0 Å². The molecule has 1 N–H and O–H groups in total. The Bertz CT molecular complexity index is 339. The maximum atomic E-state index is 8.71. The minimum absolute atomic E-state index is 0.103. The van der Waals surface area contributed by atoms with Gasteiger partial charge in [-0.2, -0.15) is 0 Å². The zero-order valence-corrected chi connectivity index (χ0v) is 18.0. The van der Waals surface area contributed by atoms with Crippen LogP contribution < -0.4 is 0 Å². The summed E-state index contributed by atoms with van der Waals surface area (Å²) in [4.78, 5) is 0. The zero-order valence-electron chi connectivity index (χ0n) is 14.6. The van der Waals surface area contributed by atoms with Gasteiger partial charge in [-0.3, -0.25) is 0 Å². The van der Waals surface area contributed by atoms with Crippen LogP contribution in [0.15, 0.2) is 0 Å². The molecule has 7 heteroatoms. The van der Waals surface area contributed by atoms with Crippen LogP contribution in [-0.2, 0) is 20.9 Å². The first-order chi connectivity index (χ1) is 11.0. The highest BCUT2D eigenvalue weighted by atomic mass is 33.4. The average Bonchev–Trinajstić information content (AvgIpc) is 2.52. The molecule has 0 radical (unpaired) electrons. The molecule has 23 heavy (non-hydrogen) atoms. The highest BCUT2D eigenvalue weighted by Gasteiger charge is 2.33. The smallest absolute Gasteiger partial charge is 0.257 e. The van der Waals surface area contributed by atoms with Crippen molar-refractivity contribution in [3.8, 4) is 0 Å². The van der Waals surface area contributed by atoms with Gasteiger partial charge in [0.2, 0.25) is 0 Å². The van der Waals surface area contributed by atoms with Crippen molar-refractivity contribution in [2.75, 3.05) is 25.6 Å². The number of aliphatic hydroxyl groups is 1. The van der Waals surface area contributed by atoms with Crippen molar-refractivity contribution in [2.45, 2.75) is 71.6 Å². The standard InChI is InChI=1S/C16H33O3PS3/c1-16(2)14-18-20(21,19-15-16)23-22-13-11-9-7-5-3-4-6-8-10-12-17/h17H,3-15H2,1-2H3. The Hall–Kier alpha value is 1.23. The topological polar surface area (TPSA) is 38.7 Å². The maximum absolute atomic E-state index is 8.71. The summed E-state index contributed by atoms with van der Waals surface area (Å²) >= 11 is 5.53. The largest absolute Gasteiger partial charge is 0.396 e. The summed E-state index contributed by atoms with van der Waals surface area (Å²) < 4.78 is 11.6. The number of aliphatic hydroxyl groups excluding tert-OH is 1. The molecule has 3 nitrogen and oxygen atoms in total. The molecule has 0 bridgehead atoms. The van der Waals surface area contributed by atoms with Gasteiger partial charge in [0, 0.05) is 17.8 Å². The van der Waals surface area contributed by atoms with E-state index in [2.05, 4.69) is 13.8 Å². The summed E-state index contributed by atoms with van der Waals surface area (Å²) in [6, 6.07) is 0. The number of hydrogen-bond acceptors (Lipinski definition) is 6. The lowest BCUT2D eigenvalue weighted by molar-refractivity contribution is 0.0673. The average molecular weight is 401 g/mol. The van der Waals surface area contributed by atoms with E-state index in [-0.39, 0.29) is 5.41 Å². The van der Waals surface area contributed by atoms with Crippen molar-refractivity contribution in [1.29, 1.82) is 0 Å². The van der Waals surface area contributed by atoms with E-state index in [9.17, 15) is 0 Å². The Balaban J connectivity index is 1.87. The molecule has 1 heterocycles. The molecule has 0 atom stereocenters. The molecule has 0 spiro atoms. The molecule has 0 aliphatic carbocycles. The first kappa shape index (κ1) is 22.3. The van der Waals surface area contributed by atoms with Crippen molar-refractivity contribution >= 4 is 38.7 Å². The third-order valence-electron chi connectivity index (χ3n) is 3.76. The van der Waals surface area contributed by atoms with Gasteiger partial charge in [0.15, 0.2) is 0 Å². The van der Waals surface area contributed by atoms with Gasteiger partial charge >= 0.3 is 0 Å². The quantitative estimate of drug-likeness (QED) is 0.226. The van der Waals surface area contributed by atoms with Crippen LogP contribution in [0, 0.1) is 5.41 Å². The van der Waals surface area contributed by atoms with Gasteiger partial charge in [0.25, 0.3) is 5.69 Å². The summed E-state index contributed by atoms with van der Waals surface area (Å²) in [6.07, 6.45) is 11.3. The van der Waals surface area contributed by atoms with Gasteiger partial charge in [-0.25, -0.2) is 0 Å². The fourth-order valence-corrected chi connectivity index (χ4v) is 9.57. The molecule has 0 aromatic carbocycles. The van der Waals surface area contributed by atoms with Crippen LogP contribution in [0.3, 0.4) is 0 Å². The minimum atomic E-state index is -2.08. The molecule has 0 saturated carbocycles. The van der Waals surface area contributed by atoms with E-state index in [0.717, 1.165) is 25.4 Å². The van der Waals surface area contributed by atoms with Crippen LogP contribution >= 0.6 is 26.9 Å². The Kier molecular flexibility index (Phi) is 12.2. The second-order valence-corrected chi connectivity index (χ2v) is 15.2. The zero-order chi connectivity index (χ0) is 17.0. The van der Waals surface area contributed by atoms with Crippen molar-refractivity contribution in [1.82, 2.24) is 0 Å². The number of unbranched alkanes of at least 4 members (excludes halogenated alkanes) is 8. The molecule has 0 unspecified atom stereocenters. The van der Waals surface area contributed by atoms with Gasteiger partial charge in [-0.15, -0.1) is 0 Å². The summed E-state index contributed by atoms with van der Waals surface area (Å²) in [5, 5.41) is 8.71. The van der Waals surface area contributed by atoms with Crippen LogP contribution in [0.1, 0.15) is 71.6 Å². The van der Waals surface area contributed by atoms with Crippen LogP contribution in [0.4, 0.5) is 0 Å². The lowest BCUT2D eigenvalue weighted by Gasteiger charge is -2.35. The molecule has 0 amide bonds. The molecular formula is C16H33O3PS3. The summed E-state index contributed by atoms with van der Waals surface area (Å²) in [6.45, 7) is 6.08. The van der Waals surface area contributed by atoms with Crippen LogP contribution in [0.25, 0.3) is 0 Å². The molecule has 138 valence electrons. The monoisotopic (exact) mass is 400 g/mol. The molecule has 1 aliphatic heterocycles. The summed E-state index contributed by atoms with van der Waals surface area (Å²) in [5.74, 6) is 1.13. The van der Waals surface area contributed by atoms with E-state index in [1.165, 1.54) is 51.4 Å². The Morgan fingerprint density at radius 2 is 1.39 bits per heavy atom. The van der Waals surface area contributed by atoms with E-state index < -0.39 is 5.69 Å². The lowest BCUT2D eigenvalue weighted by atomic mass is 9.97. The number of hydrogen-bond donors (Lipinski definition) is 1. The van der Waals surface area contributed by atoms with Crippen molar-refractivity contribution in [2.24, 2.45) is 5.41 Å². The van der Waals surface area contributed by atoms with Crippen molar-refractivity contribution < 1.29 is 14.2 Å². The molecular weight excluding hydrogens is 367 g/mol. The third-order valence-corrected chi connectivity index (χ3v) is 12.3. The summed E-state index contributed by atoms with van der Waals surface area (Å²) in [7, 11) is 3.48. The second-order valence-electron chi connectivity index (χ2n) is 6.96. The van der Waals surface area contributed by atoms with Gasteiger partial charge < -0.3 is 14.2 Å². The SMILES string of the molecule is CC1(C)COP(=S)(SSCCCCCCCCCCCO)OC1. The highest BCUT2D eigenvalue weighted by Crippen LogP contribution is 2.68. The van der Waals surface area contributed by atoms with Crippen LogP contribution in [0.2, 0.25) is 0 Å². The van der Waals surface area contributed by atoms with E-state index in [1.807, 2.05) is 10.8 Å². The third kappa shape index (κ3) is 11.5. The van der Waals surface area contributed by atoms with E-state index in [4.69, 9.17) is 26.0 Å². The summed E-state index contributed by atoms with van der Waals surface area (Å²) in [5.41, 5.74) is -1.98. The molecule has 0 aromatic rings. The Morgan fingerprint density at radius 3 is 1.91 bits per heavy atom. The fraction of sp³-hybridized carbons (Fsp3) is 1.00. The molecule has 1 fully saturated rings. The Labute approximate surface area is 155 Å². The van der Waals surface area contributed by atoms with Gasteiger partial charge in [-0.05, 0) is 35.1 Å². The predicted octanol–water partition coefficient (Wildman–Crippen LogP) is 6.17. The van der Waals surface area contributed by atoms with Gasteiger partial charge in [-0.1, -0.05) is 69.6 Å². The number of rotatable bonds is 13. The first-order valence-corrected chi connectivity index (χ1v) is 14.3. The second kappa shape index (κ2) is 12.6. The van der Waals surface area contributed by atoms with Gasteiger partial charge in [0.05, 0.1) is 13.2 Å². The highest BCUT2D eigenvalue weighted by molar-refractivity contribution is 9.03. The van der Waals surface area contributed by atoms with Crippen LogP contribution in [-0.4, -0.2) is 30.7 Å². The first-order valence-electron chi connectivity index (χ1n) is 8.79. The van der Waals surface area contributed by atoms with Crippen molar-refractivity contribution in [3.05, 3.63) is 0 Å². The lowest BCUT2D eigenvalue weighted by Crippen LogP contribution is -2.28.